The minimum absolute atomic E-state index is 0.0804. The number of thiol groups is 1. The first kappa shape index (κ1) is 37.6. The number of halogens is 2. The topological polar surface area (TPSA) is 109 Å². The van der Waals surface area contributed by atoms with E-state index in [4.69, 9.17) is 19.4 Å². The number of imidazole rings is 1. The fourth-order valence-electron chi connectivity index (χ4n) is 6.79. The molecule has 1 amide bonds. The maximum atomic E-state index is 14.5. The van der Waals surface area contributed by atoms with E-state index in [0.29, 0.717) is 46.6 Å². The van der Waals surface area contributed by atoms with Crippen molar-refractivity contribution in [2.75, 3.05) is 67.2 Å². The summed E-state index contributed by atoms with van der Waals surface area (Å²) in [5.41, 5.74) is 5.43. The van der Waals surface area contributed by atoms with E-state index in [2.05, 4.69) is 57.1 Å². The second kappa shape index (κ2) is 16.7. The summed E-state index contributed by atoms with van der Waals surface area (Å²) in [6.07, 6.45) is 3.55. The molecule has 6 aromatic rings. The minimum Gasteiger partial charge on any atom is -0.493 e. The summed E-state index contributed by atoms with van der Waals surface area (Å²) in [6, 6.07) is 20.0. The number of nitrogens with one attached hydrogen (secondary N) is 2. The lowest BCUT2D eigenvalue weighted by Crippen LogP contribution is -2.47. The van der Waals surface area contributed by atoms with Crippen LogP contribution in [0.15, 0.2) is 85.2 Å². The van der Waals surface area contributed by atoms with Gasteiger partial charge >= 0.3 is 0 Å². The molecule has 0 atom stereocenters. The van der Waals surface area contributed by atoms with Crippen LogP contribution in [0.4, 0.5) is 31.8 Å². The number of nitrogens with zero attached hydrogens (tertiary/aromatic N) is 6. The average Bonchev–Trinajstić information content (AvgIpc) is 3.58. The number of fused-ring (bicyclic) bond motifs is 1. The van der Waals surface area contributed by atoms with Crippen molar-refractivity contribution in [1.82, 2.24) is 24.3 Å². The number of aromatic nitrogens is 4. The lowest BCUT2D eigenvalue weighted by molar-refractivity contribution is 0.102. The van der Waals surface area contributed by atoms with Gasteiger partial charge in [0.1, 0.15) is 34.5 Å². The van der Waals surface area contributed by atoms with Gasteiger partial charge in [-0.05, 0) is 80.9 Å². The Morgan fingerprint density at radius 3 is 2.40 bits per heavy atom. The van der Waals surface area contributed by atoms with Gasteiger partial charge in [0.2, 0.25) is 5.95 Å². The van der Waals surface area contributed by atoms with Gasteiger partial charge in [-0.1, -0.05) is 12.1 Å². The normalized spacial score (nSPS) is 13.2. The average molecular weight is 765 g/mol. The Morgan fingerprint density at radius 1 is 0.891 bits per heavy atom. The Balaban J connectivity index is 1.24. The zero-order valence-electron chi connectivity index (χ0n) is 30.9. The molecule has 1 aliphatic heterocycles. The van der Waals surface area contributed by atoms with Crippen LogP contribution in [0.3, 0.4) is 0 Å². The first-order valence-electron chi connectivity index (χ1n) is 18.2. The van der Waals surface area contributed by atoms with E-state index < -0.39 is 23.2 Å². The van der Waals surface area contributed by atoms with Crippen LogP contribution < -0.4 is 25.0 Å². The molecule has 4 heterocycles. The third-order valence-corrected chi connectivity index (χ3v) is 9.60. The number of hydrogen-bond donors (Lipinski definition) is 3. The molecule has 3 aromatic heterocycles. The number of hydrogen-bond acceptors (Lipinski definition) is 10. The van der Waals surface area contributed by atoms with Gasteiger partial charge in [0, 0.05) is 68.2 Å². The lowest BCUT2D eigenvalue weighted by atomic mass is 10.0. The Labute approximate surface area is 323 Å². The standard InChI is InChI=1S/C41H42F2N8O3S/c1-4-53-34-13-12-27(24-28(34)40(52)48-38-29(42)9-8-10-30(38)43)37-39(51-16-7-6-11-36(51)47-37)31-14-15-44-41(45-31)46-32-23-26(3)33(25-35(32)54-5-2)50-19-17-49(18-20-50)21-22-55/h6-16,23-25,55H,4-5,17-22H2,1-3H3,(H,48,52)(H,44,45,46). The largest absolute Gasteiger partial charge is 0.493 e. The predicted molar refractivity (Wildman–Crippen MR) is 215 cm³/mol. The minimum atomic E-state index is -0.892. The predicted octanol–water partition coefficient (Wildman–Crippen LogP) is 7.89. The Hall–Kier alpha value is -5.73. The van der Waals surface area contributed by atoms with Crippen molar-refractivity contribution in [3.63, 3.8) is 0 Å². The smallest absolute Gasteiger partial charge is 0.259 e. The molecule has 0 radical (unpaired) electrons. The van der Waals surface area contributed by atoms with Gasteiger partial charge in [-0.25, -0.2) is 23.7 Å². The Bertz CT molecular complexity index is 2310. The van der Waals surface area contributed by atoms with Gasteiger partial charge in [-0.2, -0.15) is 12.6 Å². The number of carbonyl (C=O) groups is 1. The zero-order chi connectivity index (χ0) is 38.5. The van der Waals surface area contributed by atoms with Crippen LogP contribution in [-0.4, -0.2) is 81.9 Å². The molecule has 0 aliphatic carbocycles. The van der Waals surface area contributed by atoms with E-state index in [0.717, 1.165) is 67.5 Å². The van der Waals surface area contributed by atoms with Crippen molar-refractivity contribution in [3.05, 3.63) is 108 Å². The van der Waals surface area contributed by atoms with Gasteiger partial charge in [0.15, 0.2) is 0 Å². The Morgan fingerprint density at radius 2 is 1.65 bits per heavy atom. The van der Waals surface area contributed by atoms with Crippen LogP contribution in [0.5, 0.6) is 11.5 Å². The fourth-order valence-corrected chi connectivity index (χ4v) is 7.07. The van der Waals surface area contributed by atoms with Crippen molar-refractivity contribution in [3.8, 4) is 34.1 Å². The van der Waals surface area contributed by atoms with E-state index in [1.807, 2.05) is 35.7 Å². The maximum Gasteiger partial charge on any atom is 0.259 e. The molecule has 0 bridgehead atoms. The number of benzene rings is 3. The molecule has 55 heavy (non-hydrogen) atoms. The van der Waals surface area contributed by atoms with Gasteiger partial charge in [-0.3, -0.25) is 14.1 Å². The highest BCUT2D eigenvalue weighted by atomic mass is 32.1. The SMILES string of the molecule is CCOc1cc(N2CCN(CCS)CC2)c(C)cc1Nc1nccc(-c2c(-c3ccc(OCC)c(C(=O)Nc4c(F)cccc4F)c3)nc3ccccn23)n1. The van der Waals surface area contributed by atoms with Crippen LogP contribution in [0.25, 0.3) is 28.3 Å². The van der Waals surface area contributed by atoms with E-state index in [-0.39, 0.29) is 17.9 Å². The summed E-state index contributed by atoms with van der Waals surface area (Å²) in [7, 11) is 0. The molecule has 14 heteroatoms. The van der Waals surface area contributed by atoms with Crippen molar-refractivity contribution in [2.24, 2.45) is 0 Å². The summed E-state index contributed by atoms with van der Waals surface area (Å²) in [6.45, 7) is 11.4. The molecule has 2 N–H and O–H groups in total. The third-order valence-electron chi connectivity index (χ3n) is 9.40. The number of aryl methyl sites for hydroxylation is 1. The van der Waals surface area contributed by atoms with Crippen molar-refractivity contribution >= 4 is 47.2 Å². The molecule has 0 saturated carbocycles. The van der Waals surface area contributed by atoms with Gasteiger partial charge in [-0.15, -0.1) is 0 Å². The zero-order valence-corrected chi connectivity index (χ0v) is 31.7. The number of ether oxygens (including phenoxy) is 2. The first-order valence-corrected chi connectivity index (χ1v) is 18.9. The van der Waals surface area contributed by atoms with Gasteiger partial charge < -0.3 is 25.0 Å². The molecule has 284 valence electrons. The number of anilines is 4. The molecule has 0 unspecified atom stereocenters. The molecule has 0 spiro atoms. The summed E-state index contributed by atoms with van der Waals surface area (Å²) in [5.74, 6) is -0.384. The maximum absolute atomic E-state index is 14.5. The van der Waals surface area contributed by atoms with Crippen molar-refractivity contribution < 1.29 is 23.0 Å². The molecule has 11 nitrogen and oxygen atoms in total. The van der Waals surface area contributed by atoms with Crippen LogP contribution in [0, 0.1) is 18.6 Å². The third kappa shape index (κ3) is 8.05. The molecular formula is C41H42F2N8O3S. The number of piperazine rings is 1. The summed E-state index contributed by atoms with van der Waals surface area (Å²) < 4.78 is 42.9. The van der Waals surface area contributed by atoms with Gasteiger partial charge in [0.25, 0.3) is 5.91 Å². The Kier molecular flexibility index (Phi) is 11.4. The molecule has 1 aliphatic rings. The summed E-state index contributed by atoms with van der Waals surface area (Å²) >= 11 is 4.40. The highest BCUT2D eigenvalue weighted by molar-refractivity contribution is 7.80. The van der Waals surface area contributed by atoms with Crippen LogP contribution in [0.1, 0.15) is 29.8 Å². The van der Waals surface area contributed by atoms with Crippen molar-refractivity contribution in [1.29, 1.82) is 0 Å². The molecular weight excluding hydrogens is 723 g/mol. The van der Waals surface area contributed by atoms with Gasteiger partial charge in [0.05, 0.1) is 41.5 Å². The highest BCUT2D eigenvalue weighted by Gasteiger charge is 2.24. The second-order valence-corrected chi connectivity index (χ2v) is 13.4. The summed E-state index contributed by atoms with van der Waals surface area (Å²) in [4.78, 5) is 32.9. The number of rotatable bonds is 13. The van der Waals surface area contributed by atoms with Crippen molar-refractivity contribution in [2.45, 2.75) is 20.8 Å². The quantitative estimate of drug-likeness (QED) is 0.101. The molecule has 3 aromatic carbocycles. The number of carbonyl (C=O) groups excluding carboxylic acids is 1. The fraction of sp³-hybridized carbons (Fsp3) is 0.268. The van der Waals surface area contributed by atoms with Crippen LogP contribution >= 0.6 is 12.6 Å². The van der Waals surface area contributed by atoms with E-state index in [1.54, 1.807) is 37.4 Å². The van der Waals surface area contributed by atoms with Crippen LogP contribution in [0.2, 0.25) is 0 Å². The number of para-hydroxylation sites is 1. The molecule has 1 saturated heterocycles. The first-order chi connectivity index (χ1) is 26.8. The number of amides is 1. The number of pyridine rings is 1. The molecule has 1 fully saturated rings. The summed E-state index contributed by atoms with van der Waals surface area (Å²) in [5, 5.41) is 5.78. The van der Waals surface area contributed by atoms with E-state index in [9.17, 15) is 13.6 Å². The molecule has 7 rings (SSSR count). The highest BCUT2D eigenvalue weighted by Crippen LogP contribution is 2.38. The monoisotopic (exact) mass is 764 g/mol. The lowest BCUT2D eigenvalue weighted by Gasteiger charge is -2.37. The second-order valence-electron chi connectivity index (χ2n) is 12.9. The van der Waals surface area contributed by atoms with Crippen LogP contribution in [-0.2, 0) is 0 Å². The van der Waals surface area contributed by atoms with E-state index >= 15 is 0 Å². The van der Waals surface area contributed by atoms with E-state index in [1.165, 1.54) is 6.07 Å².